The van der Waals surface area contributed by atoms with Crippen LogP contribution < -0.4 is 11.1 Å². The number of hydrogen-bond donors (Lipinski definition) is 2. The molecule has 1 atom stereocenters. The standard InChI is InChI=1S/C17H26N2O2.ClH/c1-21-12-13-7-9-15(10-8-13)17(20)19-16(11-18)14-5-3-2-4-6-14;/h7-10,14,16H,2-6,11-12,18H2,1H3,(H,19,20);1H. The molecule has 1 aliphatic rings. The van der Waals surface area contributed by atoms with Gasteiger partial charge in [0.25, 0.3) is 5.91 Å². The third-order valence-electron chi connectivity index (χ3n) is 4.32. The maximum Gasteiger partial charge on any atom is 0.251 e. The molecular weight excluding hydrogens is 300 g/mol. The van der Waals surface area contributed by atoms with Gasteiger partial charge in [-0.1, -0.05) is 31.4 Å². The van der Waals surface area contributed by atoms with Crippen LogP contribution in [0.25, 0.3) is 0 Å². The number of halogens is 1. The van der Waals surface area contributed by atoms with Gasteiger partial charge in [0.1, 0.15) is 0 Å². The summed E-state index contributed by atoms with van der Waals surface area (Å²) in [6, 6.07) is 7.64. The molecule has 1 fully saturated rings. The lowest BCUT2D eigenvalue weighted by Gasteiger charge is -2.30. The van der Waals surface area contributed by atoms with E-state index in [4.69, 9.17) is 10.5 Å². The Hall–Kier alpha value is -1.10. The van der Waals surface area contributed by atoms with Gasteiger partial charge in [0.2, 0.25) is 0 Å². The number of nitrogens with one attached hydrogen (secondary N) is 1. The van der Waals surface area contributed by atoms with Crippen molar-refractivity contribution in [3.63, 3.8) is 0 Å². The second-order valence-corrected chi connectivity index (χ2v) is 5.84. The lowest BCUT2D eigenvalue weighted by Crippen LogP contribution is -2.45. The number of rotatable bonds is 6. The zero-order valence-electron chi connectivity index (χ0n) is 13.2. The maximum absolute atomic E-state index is 12.3. The van der Waals surface area contributed by atoms with Gasteiger partial charge in [0.05, 0.1) is 6.61 Å². The Bertz CT molecular complexity index is 444. The van der Waals surface area contributed by atoms with Crippen molar-refractivity contribution in [3.05, 3.63) is 35.4 Å². The van der Waals surface area contributed by atoms with E-state index in [2.05, 4.69) is 5.32 Å². The Kier molecular flexibility index (Phi) is 8.46. The first kappa shape index (κ1) is 18.9. The molecule has 4 nitrogen and oxygen atoms in total. The molecule has 1 amide bonds. The molecule has 0 spiro atoms. The Morgan fingerprint density at radius 1 is 1.27 bits per heavy atom. The van der Waals surface area contributed by atoms with Crippen molar-refractivity contribution in [2.75, 3.05) is 13.7 Å². The van der Waals surface area contributed by atoms with Crippen LogP contribution in [-0.2, 0) is 11.3 Å². The molecule has 3 N–H and O–H groups in total. The fourth-order valence-electron chi connectivity index (χ4n) is 3.08. The highest BCUT2D eigenvalue weighted by atomic mass is 35.5. The SMILES string of the molecule is COCc1ccc(C(=O)NC(CN)C2CCCCC2)cc1.Cl. The molecule has 1 aromatic rings. The van der Waals surface area contributed by atoms with Crippen LogP contribution >= 0.6 is 12.4 Å². The van der Waals surface area contributed by atoms with E-state index in [1.54, 1.807) is 7.11 Å². The number of carbonyl (C=O) groups is 1. The van der Waals surface area contributed by atoms with Crippen LogP contribution in [0, 0.1) is 5.92 Å². The van der Waals surface area contributed by atoms with Gasteiger partial charge in [-0.15, -0.1) is 12.4 Å². The summed E-state index contributed by atoms with van der Waals surface area (Å²) < 4.78 is 5.07. The van der Waals surface area contributed by atoms with Gasteiger partial charge in [-0.05, 0) is 36.5 Å². The molecule has 1 aliphatic carbocycles. The molecule has 124 valence electrons. The summed E-state index contributed by atoms with van der Waals surface area (Å²) in [6.07, 6.45) is 6.16. The topological polar surface area (TPSA) is 64.3 Å². The number of benzene rings is 1. The maximum atomic E-state index is 12.3. The van der Waals surface area contributed by atoms with Gasteiger partial charge >= 0.3 is 0 Å². The summed E-state index contributed by atoms with van der Waals surface area (Å²) in [6.45, 7) is 1.08. The summed E-state index contributed by atoms with van der Waals surface area (Å²) in [5, 5.41) is 3.11. The molecule has 0 aliphatic heterocycles. The Balaban J connectivity index is 0.00000242. The second-order valence-electron chi connectivity index (χ2n) is 5.84. The minimum atomic E-state index is -0.0278. The van der Waals surface area contributed by atoms with Crippen LogP contribution in [0.4, 0.5) is 0 Å². The second kappa shape index (κ2) is 9.82. The lowest BCUT2D eigenvalue weighted by molar-refractivity contribution is 0.0915. The average molecular weight is 327 g/mol. The van der Waals surface area contributed by atoms with Gasteiger partial charge in [0.15, 0.2) is 0 Å². The Morgan fingerprint density at radius 3 is 2.45 bits per heavy atom. The smallest absolute Gasteiger partial charge is 0.251 e. The fourth-order valence-corrected chi connectivity index (χ4v) is 3.08. The molecule has 1 unspecified atom stereocenters. The van der Waals surface area contributed by atoms with E-state index in [9.17, 15) is 4.79 Å². The monoisotopic (exact) mass is 326 g/mol. The molecule has 0 heterocycles. The summed E-state index contributed by atoms with van der Waals surface area (Å²) in [5.41, 5.74) is 7.61. The van der Waals surface area contributed by atoms with Gasteiger partial charge < -0.3 is 15.8 Å². The van der Waals surface area contributed by atoms with E-state index in [1.165, 1.54) is 32.1 Å². The van der Waals surface area contributed by atoms with Crippen LogP contribution in [0.2, 0.25) is 0 Å². The molecule has 0 aromatic heterocycles. The van der Waals surface area contributed by atoms with Gasteiger partial charge in [-0.2, -0.15) is 0 Å². The number of amides is 1. The Morgan fingerprint density at radius 2 is 1.91 bits per heavy atom. The normalized spacial score (nSPS) is 16.6. The molecule has 0 bridgehead atoms. The molecule has 1 aromatic carbocycles. The summed E-state index contributed by atoms with van der Waals surface area (Å²) in [4.78, 5) is 12.3. The van der Waals surface area contributed by atoms with Crippen molar-refractivity contribution in [2.24, 2.45) is 11.7 Å². The highest BCUT2D eigenvalue weighted by Crippen LogP contribution is 2.26. The van der Waals surface area contributed by atoms with Crippen molar-refractivity contribution >= 4 is 18.3 Å². The minimum absolute atomic E-state index is 0. The summed E-state index contributed by atoms with van der Waals surface area (Å²) in [7, 11) is 1.66. The van der Waals surface area contributed by atoms with Gasteiger partial charge in [-0.25, -0.2) is 0 Å². The van der Waals surface area contributed by atoms with Crippen LogP contribution in [0.15, 0.2) is 24.3 Å². The quantitative estimate of drug-likeness (QED) is 0.844. The zero-order valence-corrected chi connectivity index (χ0v) is 14.0. The molecule has 2 rings (SSSR count). The minimum Gasteiger partial charge on any atom is -0.380 e. The van der Waals surface area contributed by atoms with Crippen molar-refractivity contribution in [2.45, 2.75) is 44.8 Å². The van der Waals surface area contributed by atoms with Crippen LogP contribution in [0.5, 0.6) is 0 Å². The number of hydrogen-bond acceptors (Lipinski definition) is 3. The highest BCUT2D eigenvalue weighted by molar-refractivity contribution is 5.94. The van der Waals surface area contributed by atoms with Crippen molar-refractivity contribution in [1.29, 1.82) is 0 Å². The third-order valence-corrected chi connectivity index (χ3v) is 4.32. The van der Waals surface area contributed by atoms with E-state index in [0.29, 0.717) is 24.6 Å². The van der Waals surface area contributed by atoms with E-state index < -0.39 is 0 Å². The Labute approximate surface area is 139 Å². The molecule has 5 heteroatoms. The van der Waals surface area contributed by atoms with E-state index in [-0.39, 0.29) is 24.4 Å². The third kappa shape index (κ3) is 5.27. The molecule has 0 radical (unpaired) electrons. The van der Waals surface area contributed by atoms with Crippen molar-refractivity contribution in [1.82, 2.24) is 5.32 Å². The van der Waals surface area contributed by atoms with Crippen LogP contribution in [-0.4, -0.2) is 25.6 Å². The van der Waals surface area contributed by atoms with Gasteiger partial charge in [-0.3, -0.25) is 4.79 Å². The summed E-state index contributed by atoms with van der Waals surface area (Å²) >= 11 is 0. The fraction of sp³-hybridized carbons (Fsp3) is 0.588. The molecule has 22 heavy (non-hydrogen) atoms. The number of ether oxygens (including phenoxy) is 1. The lowest BCUT2D eigenvalue weighted by atomic mass is 9.84. The predicted molar refractivity (Wildman–Crippen MR) is 91.3 cm³/mol. The first-order chi connectivity index (χ1) is 10.2. The van der Waals surface area contributed by atoms with Gasteiger partial charge in [0, 0.05) is 25.3 Å². The average Bonchev–Trinajstić information content (AvgIpc) is 2.54. The van der Waals surface area contributed by atoms with E-state index >= 15 is 0 Å². The number of carbonyl (C=O) groups excluding carboxylic acids is 1. The van der Waals surface area contributed by atoms with E-state index in [1.807, 2.05) is 24.3 Å². The number of nitrogens with two attached hydrogens (primary N) is 1. The predicted octanol–water partition coefficient (Wildman–Crippen LogP) is 2.89. The first-order valence-corrected chi connectivity index (χ1v) is 7.83. The van der Waals surface area contributed by atoms with E-state index in [0.717, 1.165) is 5.56 Å². The highest BCUT2D eigenvalue weighted by Gasteiger charge is 2.24. The van der Waals surface area contributed by atoms with Crippen LogP contribution in [0.1, 0.15) is 48.0 Å². The summed E-state index contributed by atoms with van der Waals surface area (Å²) in [5.74, 6) is 0.500. The van der Waals surface area contributed by atoms with Crippen LogP contribution in [0.3, 0.4) is 0 Å². The first-order valence-electron chi connectivity index (χ1n) is 7.83. The van der Waals surface area contributed by atoms with Crippen molar-refractivity contribution in [3.8, 4) is 0 Å². The molecular formula is C17H27ClN2O2. The molecule has 0 saturated heterocycles. The molecule has 1 saturated carbocycles. The largest absolute Gasteiger partial charge is 0.380 e. The number of methoxy groups -OCH3 is 1. The van der Waals surface area contributed by atoms with Crippen molar-refractivity contribution < 1.29 is 9.53 Å². The zero-order chi connectivity index (χ0) is 15.1.